The number of methoxy groups -OCH3 is 1. The number of nitrogens with two attached hydrogens (primary N) is 1. The Bertz CT molecular complexity index is 604. The summed E-state index contributed by atoms with van der Waals surface area (Å²) in [5.41, 5.74) is 5.76. The molecule has 0 bridgehead atoms. The number of amides is 3. The number of aromatic nitrogens is 1. The number of benzene rings is 1. The van der Waals surface area contributed by atoms with E-state index in [0.29, 0.717) is 0 Å². The molecule has 1 aromatic heterocycles. The molecule has 18 heavy (non-hydrogen) atoms. The van der Waals surface area contributed by atoms with Gasteiger partial charge in [-0.05, 0) is 24.3 Å². The molecule has 2 rings (SSSR count). The summed E-state index contributed by atoms with van der Waals surface area (Å²) in [6.07, 6.45) is 1.77. The summed E-state index contributed by atoms with van der Waals surface area (Å²) in [5, 5.41) is 2.98. The number of carbonyl (C=O) groups is 2. The predicted octanol–water partition coefficient (Wildman–Crippen LogP) is 0.845. The topological polar surface area (TPSA) is 86.3 Å². The first-order valence-corrected chi connectivity index (χ1v) is 5.32. The zero-order valence-corrected chi connectivity index (χ0v) is 9.84. The largest absolute Gasteiger partial charge is 0.497 e. The van der Waals surface area contributed by atoms with Gasteiger partial charge in [0.05, 0.1) is 7.11 Å². The number of nitrogens with zero attached hydrogens (tertiary/aromatic N) is 1. The van der Waals surface area contributed by atoms with Crippen LogP contribution in [0.3, 0.4) is 0 Å². The van der Waals surface area contributed by atoms with Gasteiger partial charge in [-0.3, -0.25) is 10.1 Å². The molecule has 6 heteroatoms. The van der Waals surface area contributed by atoms with Gasteiger partial charge in [0.25, 0.3) is 0 Å². The lowest BCUT2D eigenvalue weighted by Crippen LogP contribution is -2.37. The molecule has 0 aliphatic carbocycles. The fourth-order valence-electron chi connectivity index (χ4n) is 1.77. The van der Waals surface area contributed by atoms with Crippen molar-refractivity contribution in [1.29, 1.82) is 0 Å². The van der Waals surface area contributed by atoms with Crippen LogP contribution in [-0.4, -0.2) is 23.6 Å². The van der Waals surface area contributed by atoms with Crippen molar-refractivity contribution >= 4 is 22.8 Å². The van der Waals surface area contributed by atoms with Crippen LogP contribution in [0.4, 0.5) is 4.79 Å². The molecule has 0 atom stereocenters. The Labute approximate surface area is 103 Å². The Morgan fingerprint density at radius 1 is 1.39 bits per heavy atom. The molecule has 94 valence electrons. The van der Waals surface area contributed by atoms with Crippen molar-refractivity contribution < 1.29 is 14.3 Å². The molecule has 0 aliphatic rings. The highest BCUT2D eigenvalue weighted by atomic mass is 16.5. The van der Waals surface area contributed by atoms with E-state index >= 15 is 0 Å². The number of carbonyl (C=O) groups excluding carboxylic acids is 2. The third kappa shape index (κ3) is 2.42. The fraction of sp³-hybridized carbons (Fsp3) is 0.167. The van der Waals surface area contributed by atoms with E-state index in [1.54, 1.807) is 17.9 Å². The monoisotopic (exact) mass is 247 g/mol. The first kappa shape index (κ1) is 12.0. The van der Waals surface area contributed by atoms with Crippen LogP contribution in [-0.2, 0) is 11.3 Å². The van der Waals surface area contributed by atoms with Crippen LogP contribution in [0.25, 0.3) is 10.9 Å². The van der Waals surface area contributed by atoms with Gasteiger partial charge in [-0.1, -0.05) is 0 Å². The van der Waals surface area contributed by atoms with Crippen molar-refractivity contribution in [3.63, 3.8) is 0 Å². The summed E-state index contributed by atoms with van der Waals surface area (Å²) in [6.45, 7) is 0.0404. The molecule has 3 N–H and O–H groups in total. The minimum absolute atomic E-state index is 0.0404. The maximum absolute atomic E-state index is 11.4. The molecule has 0 spiro atoms. The van der Waals surface area contributed by atoms with E-state index in [9.17, 15) is 9.59 Å². The molecule has 0 unspecified atom stereocenters. The molecule has 1 aromatic carbocycles. The molecular formula is C12H13N3O3. The summed E-state index contributed by atoms with van der Waals surface area (Å²) < 4.78 is 6.84. The normalized spacial score (nSPS) is 10.3. The number of ether oxygens (including phenoxy) is 1. The van der Waals surface area contributed by atoms with E-state index in [4.69, 9.17) is 10.5 Å². The van der Waals surface area contributed by atoms with Crippen LogP contribution in [0.2, 0.25) is 0 Å². The molecule has 3 amide bonds. The summed E-state index contributed by atoms with van der Waals surface area (Å²) >= 11 is 0. The molecule has 0 aliphatic heterocycles. The Morgan fingerprint density at radius 2 is 2.17 bits per heavy atom. The van der Waals surface area contributed by atoms with Gasteiger partial charge < -0.3 is 15.0 Å². The number of hydrogen-bond acceptors (Lipinski definition) is 3. The van der Waals surface area contributed by atoms with E-state index in [-0.39, 0.29) is 6.54 Å². The van der Waals surface area contributed by atoms with Crippen LogP contribution in [0.1, 0.15) is 0 Å². The SMILES string of the molecule is COc1ccc2c(ccn2CC(=O)NC(N)=O)c1. The predicted molar refractivity (Wildman–Crippen MR) is 66.2 cm³/mol. The molecule has 0 saturated carbocycles. The van der Waals surface area contributed by atoms with Gasteiger partial charge >= 0.3 is 6.03 Å². The Hall–Kier alpha value is -2.50. The third-order valence-electron chi connectivity index (χ3n) is 2.55. The highest BCUT2D eigenvalue weighted by Gasteiger charge is 2.08. The van der Waals surface area contributed by atoms with Crippen molar-refractivity contribution in [2.45, 2.75) is 6.54 Å². The molecule has 2 aromatic rings. The van der Waals surface area contributed by atoms with Crippen molar-refractivity contribution in [2.24, 2.45) is 5.73 Å². The van der Waals surface area contributed by atoms with Crippen LogP contribution in [0, 0.1) is 0 Å². The molecule has 1 heterocycles. The van der Waals surface area contributed by atoms with E-state index in [1.807, 2.05) is 29.6 Å². The number of rotatable bonds is 3. The lowest BCUT2D eigenvalue weighted by atomic mass is 10.2. The van der Waals surface area contributed by atoms with Gasteiger partial charge in [-0.2, -0.15) is 0 Å². The van der Waals surface area contributed by atoms with Gasteiger partial charge in [-0.25, -0.2) is 4.79 Å². The van der Waals surface area contributed by atoms with E-state index < -0.39 is 11.9 Å². The minimum atomic E-state index is -0.849. The lowest BCUT2D eigenvalue weighted by Gasteiger charge is -2.05. The van der Waals surface area contributed by atoms with Crippen LogP contribution >= 0.6 is 0 Å². The fourth-order valence-corrected chi connectivity index (χ4v) is 1.77. The number of fused-ring (bicyclic) bond motifs is 1. The summed E-state index contributed by atoms with van der Waals surface area (Å²) in [4.78, 5) is 22.0. The summed E-state index contributed by atoms with van der Waals surface area (Å²) in [6, 6.07) is 6.56. The van der Waals surface area contributed by atoms with Crippen molar-refractivity contribution in [2.75, 3.05) is 7.11 Å². The minimum Gasteiger partial charge on any atom is -0.497 e. The molecule has 0 saturated heterocycles. The average Bonchev–Trinajstić information content (AvgIpc) is 2.70. The number of primary amides is 1. The average molecular weight is 247 g/mol. The summed E-state index contributed by atoms with van der Waals surface area (Å²) in [5.74, 6) is 0.303. The third-order valence-corrected chi connectivity index (χ3v) is 2.55. The Balaban J connectivity index is 2.24. The van der Waals surface area contributed by atoms with E-state index in [1.165, 1.54) is 0 Å². The van der Waals surface area contributed by atoms with Gasteiger partial charge in [0, 0.05) is 17.1 Å². The molecule has 6 nitrogen and oxygen atoms in total. The van der Waals surface area contributed by atoms with Crippen LogP contribution in [0.15, 0.2) is 30.5 Å². The van der Waals surface area contributed by atoms with E-state index in [0.717, 1.165) is 16.7 Å². The maximum atomic E-state index is 11.4. The van der Waals surface area contributed by atoms with Crippen molar-refractivity contribution in [3.8, 4) is 5.75 Å². The number of hydrogen-bond donors (Lipinski definition) is 2. The number of nitrogens with one attached hydrogen (secondary N) is 1. The second kappa shape index (κ2) is 4.79. The van der Waals surface area contributed by atoms with Crippen LogP contribution < -0.4 is 15.8 Å². The highest BCUT2D eigenvalue weighted by Crippen LogP contribution is 2.21. The molecular weight excluding hydrogens is 234 g/mol. The van der Waals surface area contributed by atoms with Crippen LogP contribution in [0.5, 0.6) is 5.75 Å². The van der Waals surface area contributed by atoms with Gasteiger partial charge in [0.1, 0.15) is 12.3 Å². The van der Waals surface area contributed by atoms with Crippen molar-refractivity contribution in [3.05, 3.63) is 30.5 Å². The lowest BCUT2D eigenvalue weighted by molar-refractivity contribution is -0.120. The standard InChI is InChI=1S/C12H13N3O3/c1-18-9-2-3-10-8(6-9)4-5-15(10)7-11(16)14-12(13)17/h2-6H,7H2,1H3,(H3,13,14,16,17). The first-order chi connectivity index (χ1) is 8.60. The smallest absolute Gasteiger partial charge is 0.318 e. The second-order valence-corrected chi connectivity index (χ2v) is 3.78. The molecule has 0 fully saturated rings. The summed E-state index contributed by atoms with van der Waals surface area (Å²) in [7, 11) is 1.60. The Kier molecular flexibility index (Phi) is 3.18. The van der Waals surface area contributed by atoms with Gasteiger partial charge in [0.2, 0.25) is 5.91 Å². The highest BCUT2D eigenvalue weighted by molar-refractivity contribution is 5.94. The number of imide groups is 1. The zero-order chi connectivity index (χ0) is 13.1. The second-order valence-electron chi connectivity index (χ2n) is 3.78. The van der Waals surface area contributed by atoms with Crippen molar-refractivity contribution in [1.82, 2.24) is 9.88 Å². The van der Waals surface area contributed by atoms with E-state index in [2.05, 4.69) is 0 Å². The first-order valence-electron chi connectivity index (χ1n) is 5.32. The maximum Gasteiger partial charge on any atom is 0.318 e. The molecule has 0 radical (unpaired) electrons. The van der Waals surface area contributed by atoms with Gasteiger partial charge in [0.15, 0.2) is 0 Å². The zero-order valence-electron chi connectivity index (χ0n) is 9.84. The van der Waals surface area contributed by atoms with Gasteiger partial charge in [-0.15, -0.1) is 0 Å². The Morgan fingerprint density at radius 3 is 2.83 bits per heavy atom. The number of urea groups is 1. The quantitative estimate of drug-likeness (QED) is 0.842.